The Balaban J connectivity index is 1.54. The summed E-state index contributed by atoms with van der Waals surface area (Å²) in [6.07, 6.45) is 10.7. The Labute approximate surface area is 155 Å². The van der Waals surface area contributed by atoms with Crippen LogP contribution in [0.1, 0.15) is 42.1 Å². The third kappa shape index (κ3) is 5.79. The molecular weight excluding hydrogens is 324 g/mol. The van der Waals surface area contributed by atoms with Crippen LogP contribution < -0.4 is 0 Å². The summed E-state index contributed by atoms with van der Waals surface area (Å²) in [4.78, 5) is 5.46. The molecule has 1 heterocycles. The van der Waals surface area contributed by atoms with Gasteiger partial charge in [-0.2, -0.15) is 0 Å². The van der Waals surface area contributed by atoms with Crippen LogP contribution in [0, 0.1) is 6.92 Å². The summed E-state index contributed by atoms with van der Waals surface area (Å²) in [5.41, 5.74) is 2.75. The fourth-order valence-electron chi connectivity index (χ4n) is 2.96. The highest BCUT2D eigenvalue weighted by Gasteiger charge is 2.12. The van der Waals surface area contributed by atoms with Crippen LogP contribution in [0.5, 0.6) is 0 Å². The van der Waals surface area contributed by atoms with Crippen LogP contribution in [-0.2, 0) is 6.54 Å². The maximum Gasteiger partial charge on any atom is 0.0945 e. The second kappa shape index (κ2) is 9.47. The topological polar surface area (TPSA) is 17.8 Å². The number of aromatic nitrogens is 2. The smallest absolute Gasteiger partial charge is 0.0945 e. The van der Waals surface area contributed by atoms with E-state index < -0.39 is 0 Å². The Morgan fingerprint density at radius 1 is 0.960 bits per heavy atom. The van der Waals surface area contributed by atoms with Crippen molar-refractivity contribution in [1.82, 2.24) is 9.55 Å². The molecule has 3 rings (SSSR count). The molecule has 3 aromatic rings. The molecule has 1 aromatic heterocycles. The maximum atomic E-state index is 4.10. The molecule has 0 spiro atoms. The standard InChI is InChI=1S/C22H26N2S/c1-19-11-13-21(14-12-19)25-22(20-8-4-2-5-9-20)10-6-3-7-16-24-17-15-23-18-24/h2,4-5,8-9,11-15,17-18,22H,3,6-7,10,16H2,1H3. The van der Waals surface area contributed by atoms with Crippen LogP contribution in [0.4, 0.5) is 0 Å². The van der Waals surface area contributed by atoms with E-state index in [9.17, 15) is 0 Å². The molecule has 2 nitrogen and oxygen atoms in total. The quantitative estimate of drug-likeness (QED) is 0.333. The Morgan fingerprint density at radius 3 is 2.48 bits per heavy atom. The first-order chi connectivity index (χ1) is 12.3. The SMILES string of the molecule is Cc1ccc(SC(CCCCCn2ccnc2)c2ccccc2)cc1. The zero-order valence-electron chi connectivity index (χ0n) is 14.8. The highest BCUT2D eigenvalue weighted by molar-refractivity contribution is 7.99. The van der Waals surface area contributed by atoms with Crippen LogP contribution >= 0.6 is 11.8 Å². The Hall–Kier alpha value is -2.00. The first-order valence-corrected chi connectivity index (χ1v) is 9.93. The van der Waals surface area contributed by atoms with Crippen LogP contribution in [0.2, 0.25) is 0 Å². The summed E-state index contributed by atoms with van der Waals surface area (Å²) in [6, 6.07) is 19.8. The molecule has 0 aliphatic heterocycles. The van der Waals surface area contributed by atoms with Gasteiger partial charge >= 0.3 is 0 Å². The van der Waals surface area contributed by atoms with Gasteiger partial charge in [0.15, 0.2) is 0 Å². The van der Waals surface area contributed by atoms with E-state index in [0.29, 0.717) is 5.25 Å². The van der Waals surface area contributed by atoms with Gasteiger partial charge in [0.2, 0.25) is 0 Å². The minimum absolute atomic E-state index is 0.525. The van der Waals surface area contributed by atoms with Crippen LogP contribution in [0.3, 0.4) is 0 Å². The average molecular weight is 351 g/mol. The number of imidazole rings is 1. The number of aryl methyl sites for hydroxylation is 2. The van der Waals surface area contributed by atoms with Crippen LogP contribution in [-0.4, -0.2) is 9.55 Å². The van der Waals surface area contributed by atoms with Gasteiger partial charge in [0.25, 0.3) is 0 Å². The number of nitrogens with zero attached hydrogens (tertiary/aromatic N) is 2. The second-order valence-electron chi connectivity index (χ2n) is 6.48. The molecule has 0 amide bonds. The monoisotopic (exact) mass is 350 g/mol. The van der Waals surface area contributed by atoms with E-state index >= 15 is 0 Å². The third-order valence-corrected chi connectivity index (χ3v) is 5.75. The lowest BCUT2D eigenvalue weighted by Gasteiger charge is -2.17. The van der Waals surface area contributed by atoms with Crippen molar-refractivity contribution >= 4 is 11.8 Å². The molecule has 2 aromatic carbocycles. The summed E-state index contributed by atoms with van der Waals surface area (Å²) in [6.45, 7) is 3.21. The number of thioether (sulfide) groups is 1. The highest BCUT2D eigenvalue weighted by atomic mass is 32.2. The van der Waals surface area contributed by atoms with Crippen molar-refractivity contribution in [3.8, 4) is 0 Å². The molecule has 0 radical (unpaired) electrons. The van der Waals surface area contributed by atoms with E-state index in [4.69, 9.17) is 0 Å². The number of hydrogen-bond donors (Lipinski definition) is 0. The summed E-state index contributed by atoms with van der Waals surface area (Å²) >= 11 is 1.99. The first-order valence-electron chi connectivity index (χ1n) is 9.05. The molecule has 1 atom stereocenters. The zero-order valence-corrected chi connectivity index (χ0v) is 15.7. The molecule has 3 heteroatoms. The predicted molar refractivity (Wildman–Crippen MR) is 107 cm³/mol. The molecule has 0 aliphatic carbocycles. The van der Waals surface area contributed by atoms with Crippen molar-refractivity contribution in [2.75, 3.05) is 0 Å². The van der Waals surface area contributed by atoms with E-state index in [1.54, 1.807) is 0 Å². The molecule has 0 bridgehead atoms. The van der Waals surface area contributed by atoms with E-state index in [-0.39, 0.29) is 0 Å². The number of unbranched alkanes of at least 4 members (excludes halogenated alkanes) is 2. The molecule has 1 unspecified atom stereocenters. The van der Waals surface area contributed by atoms with Gasteiger partial charge in [0, 0.05) is 29.1 Å². The number of benzene rings is 2. The fourth-order valence-corrected chi connectivity index (χ4v) is 4.16. The molecule has 0 N–H and O–H groups in total. The van der Waals surface area contributed by atoms with Crippen LogP contribution in [0.25, 0.3) is 0 Å². The van der Waals surface area contributed by atoms with Gasteiger partial charge in [-0.15, -0.1) is 11.8 Å². The van der Waals surface area contributed by atoms with Gasteiger partial charge in [-0.05, 0) is 37.5 Å². The molecule has 130 valence electrons. The molecule has 0 saturated carbocycles. The molecule has 25 heavy (non-hydrogen) atoms. The van der Waals surface area contributed by atoms with E-state index in [1.807, 2.05) is 30.5 Å². The van der Waals surface area contributed by atoms with Gasteiger partial charge in [0.1, 0.15) is 0 Å². The molecule has 0 aliphatic rings. The predicted octanol–water partition coefficient (Wildman–Crippen LogP) is 6.29. The second-order valence-corrected chi connectivity index (χ2v) is 7.76. The van der Waals surface area contributed by atoms with Gasteiger partial charge in [-0.3, -0.25) is 0 Å². The summed E-state index contributed by atoms with van der Waals surface area (Å²) in [5, 5.41) is 0.525. The van der Waals surface area contributed by atoms with E-state index in [2.05, 4.69) is 71.1 Å². The Morgan fingerprint density at radius 2 is 1.76 bits per heavy atom. The Bertz CT molecular complexity index is 720. The first kappa shape index (κ1) is 17.8. The average Bonchev–Trinajstić information content (AvgIpc) is 3.16. The van der Waals surface area contributed by atoms with Crippen molar-refractivity contribution in [3.63, 3.8) is 0 Å². The van der Waals surface area contributed by atoms with Crippen molar-refractivity contribution in [2.45, 2.75) is 49.3 Å². The van der Waals surface area contributed by atoms with Crippen LogP contribution in [0.15, 0.2) is 78.2 Å². The Kier molecular flexibility index (Phi) is 6.75. The molecular formula is C22H26N2S. The maximum absolute atomic E-state index is 4.10. The lowest BCUT2D eigenvalue weighted by Crippen LogP contribution is -1.97. The third-order valence-electron chi connectivity index (χ3n) is 4.41. The molecule has 0 fully saturated rings. The number of hydrogen-bond acceptors (Lipinski definition) is 2. The highest BCUT2D eigenvalue weighted by Crippen LogP contribution is 2.39. The summed E-state index contributed by atoms with van der Waals surface area (Å²) in [5.74, 6) is 0. The molecule has 0 saturated heterocycles. The lowest BCUT2D eigenvalue weighted by atomic mass is 10.1. The van der Waals surface area contributed by atoms with Gasteiger partial charge in [-0.1, -0.05) is 60.9 Å². The summed E-state index contributed by atoms with van der Waals surface area (Å²) in [7, 11) is 0. The van der Waals surface area contributed by atoms with Crippen molar-refractivity contribution in [3.05, 3.63) is 84.4 Å². The minimum atomic E-state index is 0.525. The normalized spacial score (nSPS) is 12.2. The van der Waals surface area contributed by atoms with E-state index in [0.717, 1.165) is 6.54 Å². The fraction of sp³-hybridized carbons (Fsp3) is 0.318. The van der Waals surface area contributed by atoms with Crippen molar-refractivity contribution < 1.29 is 0 Å². The van der Waals surface area contributed by atoms with Crippen molar-refractivity contribution in [2.24, 2.45) is 0 Å². The van der Waals surface area contributed by atoms with Gasteiger partial charge in [-0.25, -0.2) is 4.98 Å². The van der Waals surface area contributed by atoms with E-state index in [1.165, 1.54) is 41.7 Å². The van der Waals surface area contributed by atoms with Crippen molar-refractivity contribution in [1.29, 1.82) is 0 Å². The zero-order chi connectivity index (χ0) is 17.3. The minimum Gasteiger partial charge on any atom is -0.337 e. The largest absolute Gasteiger partial charge is 0.337 e. The van der Waals surface area contributed by atoms with Gasteiger partial charge < -0.3 is 4.57 Å². The van der Waals surface area contributed by atoms with Gasteiger partial charge in [0.05, 0.1) is 6.33 Å². The summed E-state index contributed by atoms with van der Waals surface area (Å²) < 4.78 is 2.16. The lowest BCUT2D eigenvalue weighted by molar-refractivity contribution is 0.569. The number of rotatable bonds is 9.